The molecule has 1 saturated heterocycles. The van der Waals surface area contributed by atoms with E-state index in [4.69, 9.17) is 4.74 Å². The van der Waals surface area contributed by atoms with Crippen molar-refractivity contribution in [3.63, 3.8) is 0 Å². The van der Waals surface area contributed by atoms with Crippen LogP contribution in [0.25, 0.3) is 0 Å². The Kier molecular flexibility index (Phi) is 14.4. The Hall–Kier alpha value is -6.13. The van der Waals surface area contributed by atoms with Crippen molar-refractivity contribution in [3.05, 3.63) is 52.6 Å². The first-order valence-electron chi connectivity index (χ1n) is 18.7. The molecule has 20 N–H and O–H groups in total. The summed E-state index contributed by atoms with van der Waals surface area (Å²) >= 11 is 0. The number of nitrogens with one attached hydrogen (secondary N) is 2. The molecule has 3 aromatic carbocycles. The van der Waals surface area contributed by atoms with E-state index in [-0.39, 0.29) is 13.0 Å². The molecule has 1 aliphatic rings. The minimum atomic E-state index is -4.45. The third-order valence-electron chi connectivity index (χ3n) is 10.3. The van der Waals surface area contributed by atoms with Gasteiger partial charge in [-0.05, 0) is 30.7 Å². The van der Waals surface area contributed by atoms with Crippen LogP contribution in [0, 0.1) is 5.92 Å². The zero-order valence-corrected chi connectivity index (χ0v) is 33.3. The number of carbonyl (C=O) groups is 3. The van der Waals surface area contributed by atoms with Crippen LogP contribution in [0.15, 0.2) is 30.3 Å². The number of phenols is 8. The lowest BCUT2D eigenvalue weighted by atomic mass is 9.75. The van der Waals surface area contributed by atoms with Gasteiger partial charge in [-0.1, -0.05) is 44.2 Å². The number of rotatable bonds is 18. The summed E-state index contributed by atoms with van der Waals surface area (Å²) in [6.45, 7) is 1.99. The maximum Gasteiger partial charge on any atom is 0.318 e. The van der Waals surface area contributed by atoms with Gasteiger partial charge < -0.3 is 112 Å². The lowest BCUT2D eigenvalue weighted by molar-refractivity contribution is -0.329. The van der Waals surface area contributed by atoms with Gasteiger partial charge in [0.1, 0.15) is 35.1 Å². The van der Waals surface area contributed by atoms with Crippen LogP contribution in [0.4, 0.5) is 4.79 Å². The third-order valence-corrected chi connectivity index (χ3v) is 10.3. The molecule has 1 heterocycles. The minimum Gasteiger partial charge on any atom is -0.504 e. The average Bonchev–Trinajstić information content (AvgIpc) is 3.17. The lowest BCUT2D eigenvalue weighted by Gasteiger charge is -2.44. The maximum absolute atomic E-state index is 14.0. The Morgan fingerprint density at radius 2 is 1.22 bits per heavy atom. The van der Waals surface area contributed by atoms with E-state index in [0.29, 0.717) is 18.5 Å². The lowest BCUT2D eigenvalue weighted by Crippen LogP contribution is -2.62. The van der Waals surface area contributed by atoms with Crippen LogP contribution in [0.3, 0.4) is 0 Å². The Morgan fingerprint density at radius 3 is 1.70 bits per heavy atom. The largest absolute Gasteiger partial charge is 0.504 e. The average molecular weight is 900 g/mol. The highest BCUT2D eigenvalue weighted by molar-refractivity contribution is 5.88. The van der Waals surface area contributed by atoms with Crippen molar-refractivity contribution in [3.8, 4) is 51.7 Å². The number of benzene rings is 3. The first kappa shape index (κ1) is 49.5. The van der Waals surface area contributed by atoms with Crippen LogP contribution < -0.4 is 15.4 Å². The van der Waals surface area contributed by atoms with Crippen LogP contribution in [-0.2, 0) is 33.7 Å². The van der Waals surface area contributed by atoms with E-state index in [2.05, 4.69) is 10.6 Å². The molecule has 0 bridgehead atoms. The van der Waals surface area contributed by atoms with E-state index in [0.717, 1.165) is 0 Å². The molecular formula is C38H49N3O22. The van der Waals surface area contributed by atoms with Crippen molar-refractivity contribution in [2.24, 2.45) is 5.92 Å². The summed E-state index contributed by atoms with van der Waals surface area (Å²) in [6, 6.07) is 4.82. The third kappa shape index (κ3) is 9.92. The molecule has 4 rings (SSSR count). The number of aromatic hydroxyl groups is 8. The Balaban J connectivity index is 1.85. The predicted octanol–water partition coefficient (Wildman–Crippen LogP) is -3.67. The fraction of sp³-hybridized carbons (Fsp3) is 0.447. The van der Waals surface area contributed by atoms with Gasteiger partial charge in [0.25, 0.3) is 0 Å². The molecule has 0 saturated carbocycles. The Labute approximate surface area is 355 Å². The molecular weight excluding hydrogens is 850 g/mol. The van der Waals surface area contributed by atoms with Crippen molar-refractivity contribution >= 4 is 17.7 Å². The summed E-state index contributed by atoms with van der Waals surface area (Å²) in [5.41, 5.74) is -9.09. The summed E-state index contributed by atoms with van der Waals surface area (Å²) in [4.78, 5) is 41.7. The smallest absolute Gasteiger partial charge is 0.318 e. The molecule has 25 heteroatoms. The molecule has 1 fully saturated rings. The van der Waals surface area contributed by atoms with Crippen molar-refractivity contribution in [1.82, 2.24) is 15.5 Å². The van der Waals surface area contributed by atoms with Crippen molar-refractivity contribution in [2.45, 2.75) is 81.1 Å². The summed E-state index contributed by atoms with van der Waals surface area (Å²) in [5, 5.41) is 194. The number of phenolic OH excluding ortho intramolecular Hbond substituents is 8. The number of aliphatic hydroxyl groups excluding tert-OH is 1. The number of nitrogens with zero attached hydrogens (tertiary/aromatic N) is 1. The van der Waals surface area contributed by atoms with E-state index in [1.165, 1.54) is 4.90 Å². The Bertz CT molecular complexity index is 2120. The molecule has 4 unspecified atom stereocenters. The number of carbonyl (C=O) groups excluding carboxylic acids is 3. The number of amides is 3. The molecule has 4 atom stereocenters. The van der Waals surface area contributed by atoms with Crippen molar-refractivity contribution in [2.75, 3.05) is 19.7 Å². The fourth-order valence-corrected chi connectivity index (χ4v) is 7.23. The van der Waals surface area contributed by atoms with Crippen LogP contribution in [0.1, 0.15) is 55.4 Å². The highest BCUT2D eigenvalue weighted by atomic mass is 16.7. The van der Waals surface area contributed by atoms with Crippen LogP contribution >= 0.6 is 0 Å². The maximum atomic E-state index is 14.0. The number of aliphatic hydroxyl groups is 10. The number of hydrogen-bond donors (Lipinski definition) is 20. The standard InChI is InChI=1S/C38H49N3O22/c1-15(2)23(41-10-6-9-39-34(41)53)33(52)40-17(11-16-7-4-3-5-8-16)12-19(43)35(54,36(55,56)20-24(44)29(49)31(51)30(50)25(20)45)13-18(42)14-63-32-21(37(57,58)59)26(46)28(48)27(47)22(32)38(60,61)62/h3-5,7-8,15,17,19,23,43-51,54-62H,6,9-14H2,1-2H3,(H,39,53)(H,40,52). The number of urea groups is 1. The topological polar surface area (TPSA) is 452 Å². The molecule has 348 valence electrons. The SMILES string of the molecule is CC(C)C(C(=O)NC(Cc1ccccc1)CC(O)C(O)(CC(=O)COc1c(C(O)(O)O)c(O)c(O)c(O)c1C(O)(O)O)C(O)(O)c1c(O)c(O)c(O)c(O)c1O)N1CCCNC1=O. The molecule has 0 radical (unpaired) electrons. The monoisotopic (exact) mass is 899 g/mol. The predicted molar refractivity (Wildman–Crippen MR) is 205 cm³/mol. The second kappa shape index (κ2) is 18.3. The zero-order valence-electron chi connectivity index (χ0n) is 33.3. The normalized spacial score (nSPS) is 16.2. The first-order chi connectivity index (χ1) is 29.0. The van der Waals surface area contributed by atoms with Crippen LogP contribution in [-0.4, -0.2) is 158 Å². The summed E-state index contributed by atoms with van der Waals surface area (Å²) in [7, 11) is 0. The van der Waals surface area contributed by atoms with Gasteiger partial charge in [0, 0.05) is 25.6 Å². The molecule has 63 heavy (non-hydrogen) atoms. The van der Waals surface area contributed by atoms with E-state index in [1.807, 2.05) is 0 Å². The zero-order chi connectivity index (χ0) is 47.7. The van der Waals surface area contributed by atoms with Crippen LogP contribution in [0.5, 0.6) is 51.7 Å². The quantitative estimate of drug-likeness (QED) is 0.0332. The van der Waals surface area contributed by atoms with Gasteiger partial charge in [-0.2, -0.15) is 0 Å². The second-order valence-electron chi connectivity index (χ2n) is 15.2. The molecule has 3 amide bonds. The van der Waals surface area contributed by atoms with Crippen molar-refractivity contribution < 1.29 is 111 Å². The van der Waals surface area contributed by atoms with Gasteiger partial charge in [0.2, 0.25) is 34.7 Å². The van der Waals surface area contributed by atoms with E-state index in [9.17, 15) is 106 Å². The van der Waals surface area contributed by atoms with Gasteiger partial charge >= 0.3 is 18.0 Å². The van der Waals surface area contributed by atoms with E-state index < -0.39 is 153 Å². The molecule has 0 spiro atoms. The van der Waals surface area contributed by atoms with Gasteiger partial charge in [0.05, 0.1) is 6.10 Å². The number of ketones is 1. The van der Waals surface area contributed by atoms with Crippen LogP contribution in [0.2, 0.25) is 0 Å². The highest BCUT2D eigenvalue weighted by Gasteiger charge is 2.59. The summed E-state index contributed by atoms with van der Waals surface area (Å²) < 4.78 is 4.97. The fourth-order valence-electron chi connectivity index (χ4n) is 7.23. The summed E-state index contributed by atoms with van der Waals surface area (Å²) in [6.07, 6.45) is -5.46. The van der Waals surface area contributed by atoms with Gasteiger partial charge in [-0.3, -0.25) is 9.59 Å². The number of Topliss-reactive ketones (excluding diaryl/α,β-unsaturated/α-hetero) is 1. The minimum absolute atomic E-state index is 0.160. The summed E-state index contributed by atoms with van der Waals surface area (Å²) in [5.74, 6) is -32.3. The van der Waals surface area contributed by atoms with E-state index in [1.54, 1.807) is 44.2 Å². The van der Waals surface area contributed by atoms with Gasteiger partial charge in [-0.25, -0.2) is 4.79 Å². The molecule has 25 nitrogen and oxygen atoms in total. The molecule has 1 aliphatic heterocycles. The van der Waals surface area contributed by atoms with Gasteiger partial charge in [0.15, 0.2) is 34.4 Å². The molecule has 0 aliphatic carbocycles. The first-order valence-corrected chi connectivity index (χ1v) is 18.7. The molecule has 3 aromatic rings. The van der Waals surface area contributed by atoms with E-state index >= 15 is 0 Å². The second-order valence-corrected chi connectivity index (χ2v) is 15.2. The molecule has 0 aromatic heterocycles. The highest BCUT2D eigenvalue weighted by Crippen LogP contribution is 2.56. The van der Waals surface area contributed by atoms with Gasteiger partial charge in [-0.15, -0.1) is 0 Å². The Morgan fingerprint density at radius 1 is 0.746 bits per heavy atom. The van der Waals surface area contributed by atoms with Crippen molar-refractivity contribution in [1.29, 1.82) is 0 Å². The number of hydrogen-bond acceptors (Lipinski definition) is 22. The number of ether oxygens (including phenoxy) is 1.